The molecule has 0 aromatic rings. The van der Waals surface area contributed by atoms with Crippen LogP contribution in [0.2, 0.25) is 0 Å². The Balaban J connectivity index is 1.90. The van der Waals surface area contributed by atoms with Crippen LogP contribution in [-0.2, 0) is 9.47 Å². The summed E-state index contributed by atoms with van der Waals surface area (Å²) in [5.41, 5.74) is 0. The fourth-order valence-electron chi connectivity index (χ4n) is 2.81. The number of hydrogen-bond donors (Lipinski definition) is 1. The van der Waals surface area contributed by atoms with E-state index in [0.717, 1.165) is 39.0 Å². The zero-order valence-corrected chi connectivity index (χ0v) is 11.9. The van der Waals surface area contributed by atoms with E-state index in [9.17, 15) is 4.79 Å². The van der Waals surface area contributed by atoms with Crippen molar-refractivity contribution in [3.63, 3.8) is 0 Å². The van der Waals surface area contributed by atoms with E-state index in [1.165, 1.54) is 0 Å². The summed E-state index contributed by atoms with van der Waals surface area (Å²) in [5.74, 6) is 0. The number of nitrogens with zero attached hydrogens (tertiary/aromatic N) is 2. The number of piperidine rings is 1. The normalized spacial score (nSPS) is 27.2. The van der Waals surface area contributed by atoms with Crippen molar-refractivity contribution in [2.75, 3.05) is 46.4 Å². The largest absolute Gasteiger partial charge is 0.509 e. The zero-order valence-electron chi connectivity index (χ0n) is 11.9. The first-order valence-electron chi connectivity index (χ1n) is 7.19. The van der Waals surface area contributed by atoms with Crippen LogP contribution in [0.3, 0.4) is 0 Å². The van der Waals surface area contributed by atoms with Crippen molar-refractivity contribution in [1.82, 2.24) is 15.1 Å². The van der Waals surface area contributed by atoms with Crippen molar-refractivity contribution in [2.45, 2.75) is 32.0 Å². The molecule has 1 unspecified atom stereocenters. The molecule has 19 heavy (non-hydrogen) atoms. The average molecular weight is 271 g/mol. The molecular weight excluding hydrogens is 246 g/mol. The Morgan fingerprint density at radius 3 is 2.74 bits per heavy atom. The Morgan fingerprint density at radius 2 is 2.05 bits per heavy atom. The van der Waals surface area contributed by atoms with Gasteiger partial charge >= 0.3 is 6.16 Å². The lowest BCUT2D eigenvalue weighted by atomic mass is 10.0. The molecule has 2 aliphatic heterocycles. The van der Waals surface area contributed by atoms with Gasteiger partial charge in [0.15, 0.2) is 6.23 Å². The maximum Gasteiger partial charge on any atom is 0.509 e. The molecule has 1 N–H and O–H groups in total. The third kappa shape index (κ3) is 4.06. The molecule has 0 aliphatic carbocycles. The minimum Gasteiger partial charge on any atom is -0.435 e. The van der Waals surface area contributed by atoms with Gasteiger partial charge in [-0.2, -0.15) is 0 Å². The molecule has 0 amide bonds. The fraction of sp³-hybridized carbons (Fsp3) is 0.923. The van der Waals surface area contributed by atoms with Gasteiger partial charge in [0.1, 0.15) is 0 Å². The molecule has 2 aliphatic rings. The van der Waals surface area contributed by atoms with Crippen LogP contribution in [0, 0.1) is 0 Å². The monoisotopic (exact) mass is 271 g/mol. The highest BCUT2D eigenvalue weighted by Crippen LogP contribution is 2.20. The first-order valence-corrected chi connectivity index (χ1v) is 7.19. The standard InChI is InChI=1S/C13H25N3O3/c1-3-18-13(17)19-12-10-14-6-9-16(12)11-4-7-15(2)8-5-11/h11-12,14H,3-10H2,1-2H3. The topological polar surface area (TPSA) is 54.0 Å². The fourth-order valence-corrected chi connectivity index (χ4v) is 2.81. The molecule has 1 atom stereocenters. The first kappa shape index (κ1) is 14.6. The predicted molar refractivity (Wildman–Crippen MR) is 72.0 cm³/mol. The SMILES string of the molecule is CCOC(=O)OC1CNCCN1C1CCN(C)CC1. The van der Waals surface area contributed by atoms with Crippen LogP contribution in [0.25, 0.3) is 0 Å². The molecule has 2 saturated heterocycles. The van der Waals surface area contributed by atoms with E-state index in [2.05, 4.69) is 22.2 Å². The van der Waals surface area contributed by atoms with Gasteiger partial charge in [-0.1, -0.05) is 0 Å². The molecule has 6 heteroatoms. The minimum atomic E-state index is -0.561. The summed E-state index contributed by atoms with van der Waals surface area (Å²) < 4.78 is 10.3. The van der Waals surface area contributed by atoms with Crippen molar-refractivity contribution in [3.8, 4) is 0 Å². The van der Waals surface area contributed by atoms with Crippen molar-refractivity contribution in [1.29, 1.82) is 0 Å². The molecule has 110 valence electrons. The van der Waals surface area contributed by atoms with Gasteiger partial charge in [0, 0.05) is 25.7 Å². The second kappa shape index (κ2) is 7.07. The quantitative estimate of drug-likeness (QED) is 0.754. The van der Waals surface area contributed by atoms with E-state index in [0.29, 0.717) is 19.2 Å². The van der Waals surface area contributed by atoms with E-state index in [-0.39, 0.29) is 6.23 Å². The summed E-state index contributed by atoms with van der Waals surface area (Å²) in [5, 5.41) is 3.28. The van der Waals surface area contributed by atoms with Crippen LogP contribution < -0.4 is 5.32 Å². The van der Waals surface area contributed by atoms with Crippen LogP contribution in [0.5, 0.6) is 0 Å². The number of carbonyl (C=O) groups is 1. The number of hydrogen-bond acceptors (Lipinski definition) is 6. The summed E-state index contributed by atoms with van der Waals surface area (Å²) >= 11 is 0. The first-order chi connectivity index (χ1) is 9.20. The van der Waals surface area contributed by atoms with Crippen molar-refractivity contribution in [2.24, 2.45) is 0 Å². The Morgan fingerprint density at radius 1 is 1.32 bits per heavy atom. The second-order valence-electron chi connectivity index (χ2n) is 5.23. The average Bonchev–Trinajstić information content (AvgIpc) is 2.41. The number of carbonyl (C=O) groups excluding carboxylic acids is 1. The smallest absolute Gasteiger partial charge is 0.435 e. The molecule has 0 aromatic heterocycles. The zero-order chi connectivity index (χ0) is 13.7. The van der Waals surface area contributed by atoms with Gasteiger partial charge in [0.25, 0.3) is 0 Å². The van der Waals surface area contributed by atoms with Crippen LogP contribution in [0.15, 0.2) is 0 Å². The van der Waals surface area contributed by atoms with Gasteiger partial charge in [-0.25, -0.2) is 4.79 Å². The molecular formula is C13H25N3O3. The summed E-state index contributed by atoms with van der Waals surface area (Å²) in [7, 11) is 2.15. The van der Waals surface area contributed by atoms with E-state index in [1.807, 2.05) is 0 Å². The molecule has 0 saturated carbocycles. The van der Waals surface area contributed by atoms with Crippen LogP contribution in [0.1, 0.15) is 19.8 Å². The Kier molecular flexibility index (Phi) is 5.42. The summed E-state index contributed by atoms with van der Waals surface area (Å²) in [6, 6.07) is 0.512. The van der Waals surface area contributed by atoms with Gasteiger partial charge in [0.2, 0.25) is 0 Å². The number of nitrogens with one attached hydrogen (secondary N) is 1. The second-order valence-corrected chi connectivity index (χ2v) is 5.23. The van der Waals surface area contributed by atoms with Gasteiger partial charge in [-0.05, 0) is 39.9 Å². The maximum absolute atomic E-state index is 11.5. The highest BCUT2D eigenvalue weighted by molar-refractivity contribution is 5.60. The van der Waals surface area contributed by atoms with Crippen LogP contribution in [-0.4, -0.2) is 74.6 Å². The summed E-state index contributed by atoms with van der Waals surface area (Å²) in [6.45, 7) is 6.93. The van der Waals surface area contributed by atoms with E-state index < -0.39 is 6.16 Å². The van der Waals surface area contributed by atoms with Gasteiger partial charge < -0.3 is 19.7 Å². The summed E-state index contributed by atoms with van der Waals surface area (Å²) in [4.78, 5) is 16.2. The van der Waals surface area contributed by atoms with E-state index in [1.54, 1.807) is 6.92 Å². The molecule has 2 rings (SSSR count). The molecule has 0 aromatic carbocycles. The van der Waals surface area contributed by atoms with Gasteiger partial charge in [-0.15, -0.1) is 0 Å². The van der Waals surface area contributed by atoms with E-state index >= 15 is 0 Å². The van der Waals surface area contributed by atoms with Gasteiger partial charge in [0.05, 0.1) is 6.61 Å². The highest BCUT2D eigenvalue weighted by Gasteiger charge is 2.33. The van der Waals surface area contributed by atoms with Crippen molar-refractivity contribution < 1.29 is 14.3 Å². The predicted octanol–water partition coefficient (Wildman–Crippen LogP) is 0.485. The third-order valence-corrected chi connectivity index (χ3v) is 3.89. The summed E-state index contributed by atoms with van der Waals surface area (Å²) in [6.07, 6.45) is 1.52. The Bertz CT molecular complexity index is 293. The minimum absolute atomic E-state index is 0.193. The van der Waals surface area contributed by atoms with Crippen LogP contribution >= 0.6 is 0 Å². The third-order valence-electron chi connectivity index (χ3n) is 3.89. The number of piperazine rings is 1. The molecule has 2 fully saturated rings. The molecule has 2 heterocycles. The Hall–Kier alpha value is -0.850. The molecule has 0 spiro atoms. The lowest BCUT2D eigenvalue weighted by Gasteiger charge is -2.43. The van der Waals surface area contributed by atoms with Crippen molar-refractivity contribution in [3.05, 3.63) is 0 Å². The number of likely N-dealkylation sites (tertiary alicyclic amines) is 1. The van der Waals surface area contributed by atoms with Crippen molar-refractivity contribution >= 4 is 6.16 Å². The lowest BCUT2D eigenvalue weighted by Crippen LogP contribution is -2.58. The molecule has 0 radical (unpaired) electrons. The highest BCUT2D eigenvalue weighted by atomic mass is 16.7. The van der Waals surface area contributed by atoms with Crippen LogP contribution in [0.4, 0.5) is 4.79 Å². The van der Waals surface area contributed by atoms with Gasteiger partial charge in [-0.3, -0.25) is 4.90 Å². The number of ether oxygens (including phenoxy) is 2. The molecule has 0 bridgehead atoms. The molecule has 6 nitrogen and oxygen atoms in total. The Labute approximate surface area is 115 Å². The lowest BCUT2D eigenvalue weighted by molar-refractivity contribution is -0.0816. The number of rotatable bonds is 3. The maximum atomic E-state index is 11.5. The van der Waals surface area contributed by atoms with E-state index in [4.69, 9.17) is 9.47 Å².